The van der Waals surface area contributed by atoms with Crippen LogP contribution in [-0.2, 0) is 0 Å². The van der Waals surface area contributed by atoms with Gasteiger partial charge in [0.1, 0.15) is 11.4 Å². The van der Waals surface area contributed by atoms with Crippen LogP contribution in [0.25, 0.3) is 16.9 Å². The summed E-state index contributed by atoms with van der Waals surface area (Å²) >= 11 is 6.19. The van der Waals surface area contributed by atoms with Crippen molar-refractivity contribution in [3.63, 3.8) is 0 Å². The molecule has 3 rings (SSSR count). The van der Waals surface area contributed by atoms with Crippen molar-refractivity contribution in [1.82, 2.24) is 25.0 Å². The molecule has 8 heteroatoms. The van der Waals surface area contributed by atoms with Gasteiger partial charge in [-0.25, -0.2) is 24.7 Å². The molecule has 0 amide bonds. The van der Waals surface area contributed by atoms with Gasteiger partial charge in [-0.3, -0.25) is 0 Å². The lowest BCUT2D eigenvalue weighted by molar-refractivity contribution is 0.397. The predicted octanol–water partition coefficient (Wildman–Crippen LogP) is 3.44. The number of aromatic nitrogens is 5. The average Bonchev–Trinajstić information content (AvgIpc) is 3.05. The minimum Gasteiger partial charge on any atom is -0.481 e. The highest BCUT2D eigenvalue weighted by molar-refractivity contribution is 8.32. The molecule has 0 spiro atoms. The lowest BCUT2D eigenvalue weighted by Crippen LogP contribution is -2.00. The van der Waals surface area contributed by atoms with Gasteiger partial charge in [0.25, 0.3) is 0 Å². The Bertz CT molecular complexity index is 875. The van der Waals surface area contributed by atoms with Gasteiger partial charge in [-0.05, 0) is 37.0 Å². The highest BCUT2D eigenvalue weighted by atomic mass is 35.5. The van der Waals surface area contributed by atoms with Crippen molar-refractivity contribution < 1.29 is 4.74 Å². The molecule has 0 aliphatic rings. The van der Waals surface area contributed by atoms with Crippen molar-refractivity contribution in [3.05, 3.63) is 41.8 Å². The van der Waals surface area contributed by atoms with Gasteiger partial charge in [0.15, 0.2) is 0 Å². The lowest BCUT2D eigenvalue weighted by atomic mass is 10.1. The van der Waals surface area contributed by atoms with Crippen LogP contribution in [0.2, 0.25) is 5.02 Å². The first-order chi connectivity index (χ1) is 11.4. The minimum absolute atomic E-state index is 0.490. The Labute approximate surface area is 147 Å². The van der Waals surface area contributed by atoms with Gasteiger partial charge < -0.3 is 4.74 Å². The van der Waals surface area contributed by atoms with Crippen molar-refractivity contribution in [3.8, 4) is 22.8 Å². The molecule has 0 fully saturated rings. The quantitative estimate of drug-likeness (QED) is 0.710. The zero-order valence-electron chi connectivity index (χ0n) is 13.9. The minimum atomic E-state index is -0.952. The van der Waals surface area contributed by atoms with Crippen LogP contribution in [0.3, 0.4) is 0 Å². The maximum Gasteiger partial charge on any atom is 0.216 e. The second-order valence-corrected chi connectivity index (χ2v) is 10.5. The molecule has 0 unspecified atom stereocenters. The Morgan fingerprint density at radius 3 is 2.58 bits per heavy atom. The van der Waals surface area contributed by atoms with Crippen LogP contribution in [0.1, 0.15) is 0 Å². The summed E-state index contributed by atoms with van der Waals surface area (Å²) in [5, 5.41) is 10.2. The molecule has 0 N–H and O–H groups in total. The molecular weight excluding hydrogens is 346 g/mol. The van der Waals surface area contributed by atoms with Gasteiger partial charge >= 0.3 is 0 Å². The van der Waals surface area contributed by atoms with Crippen molar-refractivity contribution in [2.24, 2.45) is 0 Å². The van der Waals surface area contributed by atoms with E-state index in [-0.39, 0.29) is 0 Å². The normalized spacial score (nSPS) is 12.2. The fourth-order valence-corrected chi connectivity index (χ4v) is 3.03. The first-order valence-electron chi connectivity index (χ1n) is 7.15. The number of hydrogen-bond acceptors (Lipinski definition) is 5. The van der Waals surface area contributed by atoms with Crippen LogP contribution >= 0.6 is 21.6 Å². The summed E-state index contributed by atoms with van der Waals surface area (Å²) in [5.41, 5.74) is 2.39. The molecule has 0 saturated carbocycles. The standard InChI is InChI=1S/C16H18ClN5OS/c1-23-15-8-13(18-10-19-15)12-7-11(17)5-6-14(12)22-9-16(20-21-22)24(2,3)4/h5-10H,1-4H3. The summed E-state index contributed by atoms with van der Waals surface area (Å²) in [4.78, 5) is 8.38. The molecule has 6 nitrogen and oxygen atoms in total. The van der Waals surface area contributed by atoms with E-state index >= 15 is 0 Å². The molecule has 1 aromatic carbocycles. The topological polar surface area (TPSA) is 65.7 Å². The first-order valence-corrected chi connectivity index (χ1v) is 10.4. The molecule has 0 atom stereocenters. The molecule has 2 heterocycles. The highest BCUT2D eigenvalue weighted by Gasteiger charge is 2.16. The zero-order valence-corrected chi connectivity index (χ0v) is 15.5. The number of ether oxygens (including phenoxy) is 1. The van der Waals surface area contributed by atoms with Crippen LogP contribution < -0.4 is 4.74 Å². The number of methoxy groups -OCH3 is 1. The van der Waals surface area contributed by atoms with E-state index in [9.17, 15) is 0 Å². The summed E-state index contributed by atoms with van der Waals surface area (Å²) in [6.07, 6.45) is 9.96. The van der Waals surface area contributed by atoms with Gasteiger partial charge in [-0.15, -0.1) is 5.10 Å². The molecule has 24 heavy (non-hydrogen) atoms. The summed E-state index contributed by atoms with van der Waals surface area (Å²) in [7, 11) is 0.618. The van der Waals surface area contributed by atoms with Gasteiger partial charge in [0.2, 0.25) is 5.88 Å². The van der Waals surface area contributed by atoms with Crippen LogP contribution in [0, 0.1) is 0 Å². The van der Waals surface area contributed by atoms with E-state index in [2.05, 4.69) is 39.0 Å². The van der Waals surface area contributed by atoms with Crippen LogP contribution in [0.4, 0.5) is 0 Å². The number of nitrogens with zero attached hydrogens (tertiary/aromatic N) is 5. The van der Waals surface area contributed by atoms with E-state index in [0.717, 1.165) is 16.3 Å². The molecule has 3 aromatic rings. The molecule has 0 aliphatic heterocycles. The number of halogens is 1. The summed E-state index contributed by atoms with van der Waals surface area (Å²) in [5.74, 6) is 0.490. The molecule has 0 aliphatic carbocycles. The number of rotatable bonds is 4. The van der Waals surface area contributed by atoms with Crippen molar-refractivity contribution in [1.29, 1.82) is 0 Å². The molecule has 0 saturated heterocycles. The number of hydrogen-bond donors (Lipinski definition) is 0. The third-order valence-corrected chi connectivity index (χ3v) is 5.11. The Morgan fingerprint density at radius 2 is 1.92 bits per heavy atom. The van der Waals surface area contributed by atoms with Gasteiger partial charge in [0, 0.05) is 16.7 Å². The maximum atomic E-state index is 6.19. The second kappa shape index (κ2) is 6.41. The summed E-state index contributed by atoms with van der Waals surface area (Å²) < 4.78 is 6.94. The Balaban J connectivity index is 2.14. The Hall–Kier alpha value is -2.12. The predicted molar refractivity (Wildman–Crippen MR) is 97.6 cm³/mol. The monoisotopic (exact) mass is 363 g/mol. The first kappa shape index (κ1) is 16.7. The second-order valence-electron chi connectivity index (χ2n) is 5.95. The van der Waals surface area contributed by atoms with Crippen LogP contribution in [-0.4, -0.2) is 50.8 Å². The van der Waals surface area contributed by atoms with E-state index in [0.29, 0.717) is 16.6 Å². The highest BCUT2D eigenvalue weighted by Crippen LogP contribution is 2.43. The molecule has 0 bridgehead atoms. The summed E-state index contributed by atoms with van der Waals surface area (Å²) in [6.45, 7) is 0. The van der Waals surface area contributed by atoms with Crippen molar-refractivity contribution >= 4 is 21.6 Å². The average molecular weight is 364 g/mol. The van der Waals surface area contributed by atoms with Crippen LogP contribution in [0.5, 0.6) is 5.88 Å². The third-order valence-electron chi connectivity index (χ3n) is 3.43. The zero-order chi connectivity index (χ0) is 17.3. The van der Waals surface area contributed by atoms with E-state index < -0.39 is 10.0 Å². The number of benzene rings is 1. The van der Waals surface area contributed by atoms with E-state index in [1.807, 2.05) is 24.4 Å². The summed E-state index contributed by atoms with van der Waals surface area (Å²) in [6, 6.07) is 7.35. The van der Waals surface area contributed by atoms with Crippen molar-refractivity contribution in [2.45, 2.75) is 5.03 Å². The molecular formula is C16H18ClN5OS. The third kappa shape index (κ3) is 3.37. The van der Waals surface area contributed by atoms with E-state index in [1.165, 1.54) is 6.33 Å². The van der Waals surface area contributed by atoms with Gasteiger partial charge in [-0.1, -0.05) is 16.8 Å². The fourth-order valence-electron chi connectivity index (χ4n) is 2.16. The van der Waals surface area contributed by atoms with Crippen molar-refractivity contribution in [2.75, 3.05) is 25.9 Å². The van der Waals surface area contributed by atoms with E-state index in [4.69, 9.17) is 16.3 Å². The molecule has 126 valence electrons. The van der Waals surface area contributed by atoms with Gasteiger partial charge in [0.05, 0.1) is 24.7 Å². The smallest absolute Gasteiger partial charge is 0.216 e. The Morgan fingerprint density at radius 1 is 1.12 bits per heavy atom. The van der Waals surface area contributed by atoms with E-state index in [1.54, 1.807) is 17.9 Å². The Kier molecular flexibility index (Phi) is 4.47. The van der Waals surface area contributed by atoms with Crippen LogP contribution in [0.15, 0.2) is 41.8 Å². The lowest BCUT2D eigenvalue weighted by Gasteiger charge is -2.20. The molecule has 2 aromatic heterocycles. The maximum absolute atomic E-state index is 6.19. The van der Waals surface area contributed by atoms with Gasteiger partial charge in [-0.2, -0.15) is 0 Å². The largest absolute Gasteiger partial charge is 0.481 e. The molecule has 0 radical (unpaired) electrons. The SMILES string of the molecule is COc1cc(-c2cc(Cl)ccc2-n2cc(S(C)(C)C)nn2)ncn1. The fraction of sp³-hybridized carbons (Fsp3) is 0.250.